The molecule has 0 unspecified atom stereocenters. The molecule has 0 fully saturated rings. The number of rotatable bonds is 4. The van der Waals surface area contributed by atoms with Crippen molar-refractivity contribution in [3.63, 3.8) is 0 Å². The van der Waals surface area contributed by atoms with Gasteiger partial charge in [-0.15, -0.1) is 0 Å². The third-order valence-electron chi connectivity index (χ3n) is 6.97. The van der Waals surface area contributed by atoms with E-state index in [4.69, 9.17) is 4.74 Å². The maximum atomic E-state index is 12.6. The van der Waals surface area contributed by atoms with Gasteiger partial charge in [-0.1, -0.05) is 78.9 Å². The van der Waals surface area contributed by atoms with Crippen LogP contribution < -0.4 is 0 Å². The molecule has 0 atom stereocenters. The van der Waals surface area contributed by atoms with E-state index in [0.717, 1.165) is 23.6 Å². The highest BCUT2D eigenvalue weighted by molar-refractivity contribution is 6.22. The SMILES string of the molecule is CCOC(=O)c1ccc2c(-c3ccccc3)c(-c3ccccc3)c3cc4c(cc3c2c1)CCC4. The minimum Gasteiger partial charge on any atom is -0.462 e. The lowest BCUT2D eigenvalue weighted by molar-refractivity contribution is 0.0526. The summed E-state index contributed by atoms with van der Waals surface area (Å²) < 4.78 is 5.33. The van der Waals surface area contributed by atoms with E-state index in [2.05, 4.69) is 78.9 Å². The van der Waals surface area contributed by atoms with Crippen molar-refractivity contribution in [2.45, 2.75) is 26.2 Å². The van der Waals surface area contributed by atoms with Crippen molar-refractivity contribution in [3.8, 4) is 22.3 Å². The lowest BCUT2D eigenvalue weighted by Crippen LogP contribution is -2.04. The highest BCUT2D eigenvalue weighted by Crippen LogP contribution is 2.46. The van der Waals surface area contributed by atoms with E-state index in [9.17, 15) is 4.79 Å². The zero-order valence-electron chi connectivity index (χ0n) is 19.3. The Morgan fingerprint density at radius 3 is 1.85 bits per heavy atom. The molecular weight excluding hydrogens is 416 g/mol. The first kappa shape index (κ1) is 20.7. The number of carbonyl (C=O) groups excluding carboxylic acids is 1. The number of hydrogen-bond acceptors (Lipinski definition) is 2. The molecule has 0 radical (unpaired) electrons. The van der Waals surface area contributed by atoms with Crippen LogP contribution in [-0.4, -0.2) is 12.6 Å². The third-order valence-corrected chi connectivity index (χ3v) is 6.97. The second-order valence-electron chi connectivity index (χ2n) is 8.98. The van der Waals surface area contributed by atoms with Crippen molar-refractivity contribution in [3.05, 3.63) is 108 Å². The van der Waals surface area contributed by atoms with Crippen molar-refractivity contribution < 1.29 is 9.53 Å². The van der Waals surface area contributed by atoms with E-state index < -0.39 is 0 Å². The number of carbonyl (C=O) groups is 1. The van der Waals surface area contributed by atoms with Crippen molar-refractivity contribution in [2.75, 3.05) is 6.61 Å². The van der Waals surface area contributed by atoms with Crippen LogP contribution in [0.25, 0.3) is 43.8 Å². The normalized spacial score (nSPS) is 12.7. The molecule has 0 spiro atoms. The molecule has 2 heteroatoms. The lowest BCUT2D eigenvalue weighted by atomic mass is 9.83. The largest absolute Gasteiger partial charge is 0.462 e. The summed E-state index contributed by atoms with van der Waals surface area (Å²) in [4.78, 5) is 12.6. The third kappa shape index (κ3) is 3.38. The minimum absolute atomic E-state index is 0.271. The summed E-state index contributed by atoms with van der Waals surface area (Å²) in [5, 5.41) is 4.72. The van der Waals surface area contributed by atoms with Crippen molar-refractivity contribution in [1.29, 1.82) is 0 Å². The molecule has 0 amide bonds. The fourth-order valence-corrected chi connectivity index (χ4v) is 5.46. The van der Waals surface area contributed by atoms with Gasteiger partial charge >= 0.3 is 5.97 Å². The van der Waals surface area contributed by atoms with Crippen LogP contribution in [0.5, 0.6) is 0 Å². The van der Waals surface area contributed by atoms with Crippen LogP contribution in [0, 0.1) is 0 Å². The smallest absolute Gasteiger partial charge is 0.338 e. The van der Waals surface area contributed by atoms with Gasteiger partial charge in [0.05, 0.1) is 12.2 Å². The predicted octanol–water partition coefficient (Wildman–Crippen LogP) is 7.99. The molecule has 0 saturated heterocycles. The Hall–Kier alpha value is -3.91. The van der Waals surface area contributed by atoms with E-state index in [1.807, 2.05) is 19.1 Å². The first-order valence-corrected chi connectivity index (χ1v) is 12.1. The summed E-state index contributed by atoms with van der Waals surface area (Å²) in [6.45, 7) is 2.21. The summed E-state index contributed by atoms with van der Waals surface area (Å²) in [6, 6.07) is 32.1. The number of fused-ring (bicyclic) bond motifs is 4. The minimum atomic E-state index is -0.271. The number of hydrogen-bond donors (Lipinski definition) is 0. The van der Waals surface area contributed by atoms with Crippen LogP contribution in [-0.2, 0) is 17.6 Å². The van der Waals surface area contributed by atoms with Gasteiger partial charge in [-0.3, -0.25) is 0 Å². The first-order valence-electron chi connectivity index (χ1n) is 12.1. The Kier molecular flexibility index (Phi) is 5.15. The molecule has 166 valence electrons. The van der Waals surface area contributed by atoms with Crippen LogP contribution in [0.15, 0.2) is 91.0 Å². The van der Waals surface area contributed by atoms with E-state index in [1.165, 1.54) is 50.6 Å². The van der Waals surface area contributed by atoms with Gasteiger partial charge in [-0.2, -0.15) is 0 Å². The summed E-state index contributed by atoms with van der Waals surface area (Å²) >= 11 is 0. The average Bonchev–Trinajstić information content (AvgIpc) is 3.35. The van der Waals surface area contributed by atoms with E-state index in [-0.39, 0.29) is 5.97 Å². The molecule has 2 nitrogen and oxygen atoms in total. The monoisotopic (exact) mass is 442 g/mol. The van der Waals surface area contributed by atoms with Crippen molar-refractivity contribution in [1.82, 2.24) is 0 Å². The average molecular weight is 443 g/mol. The van der Waals surface area contributed by atoms with Gasteiger partial charge in [-0.25, -0.2) is 4.79 Å². The fourth-order valence-electron chi connectivity index (χ4n) is 5.46. The Balaban J connectivity index is 1.80. The molecule has 0 bridgehead atoms. The fraction of sp³-hybridized carbons (Fsp3) is 0.156. The van der Waals surface area contributed by atoms with Crippen LogP contribution in [0.1, 0.15) is 34.8 Å². The summed E-state index contributed by atoms with van der Waals surface area (Å²) in [5.41, 5.74) is 8.34. The highest BCUT2D eigenvalue weighted by Gasteiger charge is 2.21. The zero-order chi connectivity index (χ0) is 23.1. The molecule has 6 rings (SSSR count). The number of ether oxygens (including phenoxy) is 1. The molecule has 0 saturated carbocycles. The molecule has 0 heterocycles. The van der Waals surface area contributed by atoms with Crippen molar-refractivity contribution in [2.24, 2.45) is 0 Å². The molecular formula is C32H26O2. The Morgan fingerprint density at radius 1 is 0.676 bits per heavy atom. The van der Waals surface area contributed by atoms with Gasteiger partial charge in [0.25, 0.3) is 0 Å². The Morgan fingerprint density at radius 2 is 1.24 bits per heavy atom. The molecule has 0 aromatic heterocycles. The van der Waals surface area contributed by atoms with Crippen molar-refractivity contribution >= 4 is 27.5 Å². The maximum absolute atomic E-state index is 12.6. The zero-order valence-corrected chi connectivity index (χ0v) is 19.3. The quantitative estimate of drug-likeness (QED) is 0.208. The van der Waals surface area contributed by atoms with E-state index in [1.54, 1.807) is 0 Å². The van der Waals surface area contributed by atoms with Crippen LogP contribution >= 0.6 is 0 Å². The molecule has 5 aromatic rings. The number of aryl methyl sites for hydroxylation is 2. The van der Waals surface area contributed by atoms with Gasteiger partial charge in [0.2, 0.25) is 0 Å². The topological polar surface area (TPSA) is 26.3 Å². The van der Waals surface area contributed by atoms with Crippen LogP contribution in [0.2, 0.25) is 0 Å². The second kappa shape index (κ2) is 8.46. The van der Waals surface area contributed by atoms with Crippen LogP contribution in [0.3, 0.4) is 0 Å². The highest BCUT2D eigenvalue weighted by atomic mass is 16.5. The van der Waals surface area contributed by atoms with E-state index >= 15 is 0 Å². The standard InChI is InChI=1S/C32H26O2/c1-2-34-32(33)25-16-17-26-27(20-25)28-18-23-14-9-15-24(23)19-29(28)31(22-12-7-4-8-13-22)30(26)21-10-5-3-6-11-21/h3-8,10-13,16-20H,2,9,14-15H2,1H3. The second-order valence-corrected chi connectivity index (χ2v) is 8.98. The lowest BCUT2D eigenvalue weighted by Gasteiger charge is -2.20. The number of esters is 1. The van der Waals surface area contributed by atoms with Crippen LogP contribution in [0.4, 0.5) is 0 Å². The Labute approximate surface area is 199 Å². The molecule has 0 N–H and O–H groups in total. The molecule has 0 aliphatic heterocycles. The van der Waals surface area contributed by atoms with Gasteiger partial charge in [0, 0.05) is 0 Å². The summed E-state index contributed by atoms with van der Waals surface area (Å²) in [6.07, 6.45) is 3.44. The predicted molar refractivity (Wildman–Crippen MR) is 140 cm³/mol. The molecule has 1 aliphatic rings. The van der Waals surface area contributed by atoms with Gasteiger partial charge in [0.15, 0.2) is 0 Å². The first-order chi connectivity index (χ1) is 16.7. The Bertz CT molecular complexity index is 1530. The molecule has 5 aromatic carbocycles. The summed E-state index contributed by atoms with van der Waals surface area (Å²) in [7, 11) is 0. The molecule has 1 aliphatic carbocycles. The summed E-state index contributed by atoms with van der Waals surface area (Å²) in [5.74, 6) is -0.271. The van der Waals surface area contributed by atoms with Gasteiger partial charge < -0.3 is 4.74 Å². The van der Waals surface area contributed by atoms with Gasteiger partial charge in [0.1, 0.15) is 0 Å². The maximum Gasteiger partial charge on any atom is 0.338 e. The van der Waals surface area contributed by atoms with Gasteiger partial charge in [-0.05, 0) is 93.2 Å². The molecule has 34 heavy (non-hydrogen) atoms. The van der Waals surface area contributed by atoms with E-state index in [0.29, 0.717) is 12.2 Å². The number of benzene rings is 5.